The molecule has 36 heavy (non-hydrogen) atoms. The van der Waals surface area contributed by atoms with E-state index in [1.54, 1.807) is 7.05 Å². The van der Waals surface area contributed by atoms with Crippen LogP contribution in [0.3, 0.4) is 0 Å². The Morgan fingerprint density at radius 3 is 1.72 bits per heavy atom. The molecule has 21 nitrogen and oxygen atoms in total. The summed E-state index contributed by atoms with van der Waals surface area (Å²) in [4.78, 5) is 44.3. The summed E-state index contributed by atoms with van der Waals surface area (Å²) in [6, 6.07) is 0. The van der Waals surface area contributed by atoms with Gasteiger partial charge in [0.05, 0.1) is 12.9 Å². The molecule has 1 saturated heterocycles. The van der Waals surface area contributed by atoms with Gasteiger partial charge in [-0.3, -0.25) is 4.57 Å². The molecule has 1 aliphatic heterocycles. The summed E-state index contributed by atoms with van der Waals surface area (Å²) in [5.74, 6) is 0.556. The van der Waals surface area contributed by atoms with Gasteiger partial charge in [-0.05, 0) is 0 Å². The van der Waals surface area contributed by atoms with Crippen molar-refractivity contribution in [3.8, 4) is 0 Å². The number of anilines is 1. The third-order valence-electron chi connectivity index (χ3n) is 3.39. The number of nitrogens with one attached hydrogen (secondary N) is 1. The number of fused-ring (bicyclic) bond motifs is 1. The van der Waals surface area contributed by atoms with Crippen LogP contribution in [0.5, 0.6) is 0 Å². The van der Waals surface area contributed by atoms with Crippen molar-refractivity contribution < 1.29 is 138 Å². The Morgan fingerprint density at radius 1 is 0.917 bits per heavy atom. The summed E-state index contributed by atoms with van der Waals surface area (Å²) >= 11 is 0. The largest absolute Gasteiger partial charge is 1.00 e. The molecule has 0 aliphatic carbocycles. The van der Waals surface area contributed by atoms with Crippen LogP contribution < -0.4 is 124 Å². The zero-order valence-electron chi connectivity index (χ0n) is 19.8. The van der Waals surface area contributed by atoms with Crippen molar-refractivity contribution in [1.29, 1.82) is 0 Å². The van der Waals surface area contributed by atoms with Crippen molar-refractivity contribution in [3.05, 3.63) is 53.1 Å². The summed E-state index contributed by atoms with van der Waals surface area (Å²) in [7, 11) is 1.72. The fraction of sp³-hybridized carbons (Fsp3) is 0.545. The first kappa shape index (κ1) is 48.8. The number of imidazole rings is 1. The Kier molecular flexibility index (Phi) is 42.0. The molecule has 4 atom stereocenters. The number of hydrogen-bond acceptors (Lipinski definition) is 20. The number of rotatable bonds is 3. The molecule has 0 bridgehead atoms. The van der Waals surface area contributed by atoms with E-state index in [1.807, 2.05) is 0 Å². The first-order valence-electron chi connectivity index (χ1n) is 7.61. The molecule has 3 rings (SSSR count). The summed E-state index contributed by atoms with van der Waals surface area (Å²) in [6.45, 7) is -0.377. The minimum absolute atomic E-state index is 0. The molecule has 0 unspecified atom stereocenters. The topological polar surface area (TPSA) is 336 Å². The zero-order chi connectivity index (χ0) is 25.1. The van der Waals surface area contributed by atoms with Crippen molar-refractivity contribution in [2.24, 2.45) is 21.4 Å². The van der Waals surface area contributed by atoms with Crippen LogP contribution in [0, 0.1) is 40.5 Å². The monoisotopic (exact) mass is 557 g/mol. The molecule has 2 aromatic heterocycles. The first-order chi connectivity index (χ1) is 15.3. The van der Waals surface area contributed by atoms with Gasteiger partial charge in [0.25, 0.3) is 0 Å². The molecule has 0 amide bonds. The van der Waals surface area contributed by atoms with Gasteiger partial charge in [0, 0.05) is 7.05 Å². The molecule has 1 aliphatic rings. The molecule has 2 aromatic rings. The molecule has 180 valence electrons. The van der Waals surface area contributed by atoms with Gasteiger partial charge in [0.15, 0.2) is 17.7 Å². The Labute approximate surface area is 289 Å². The van der Waals surface area contributed by atoms with Crippen molar-refractivity contribution in [3.63, 3.8) is 0 Å². The summed E-state index contributed by atoms with van der Waals surface area (Å²) in [6.07, 6.45) is -1.19. The minimum Gasteiger partial charge on any atom is -0.444 e. The predicted molar refractivity (Wildman–Crippen MR) is 105 cm³/mol. The second kappa shape index (κ2) is 31.0. The summed E-state index contributed by atoms with van der Waals surface area (Å²) in [5.41, 5.74) is 1.01. The van der Waals surface area contributed by atoms with E-state index in [-0.39, 0.29) is 125 Å². The third kappa shape index (κ3) is 16.6. The van der Waals surface area contributed by atoms with Gasteiger partial charge in [-0.1, -0.05) is 0 Å². The van der Waals surface area contributed by atoms with Crippen molar-refractivity contribution in [2.75, 3.05) is 19.0 Å². The quantitative estimate of drug-likeness (QED) is 0.154. The fourth-order valence-corrected chi connectivity index (χ4v) is 2.33. The number of hydrogen-bond donors (Lipinski definition) is 4. The van der Waals surface area contributed by atoms with E-state index in [4.69, 9.17) is 50.3 Å². The molecule has 0 aromatic carbocycles. The van der Waals surface area contributed by atoms with Crippen LogP contribution >= 0.6 is 0 Å². The van der Waals surface area contributed by atoms with Crippen LogP contribution in [0.4, 0.5) is 5.82 Å². The molecule has 0 spiro atoms. The molecule has 0 saturated carbocycles. The van der Waals surface area contributed by atoms with Crippen molar-refractivity contribution in [1.82, 2.24) is 19.5 Å². The van der Waals surface area contributed by atoms with E-state index in [0.29, 0.717) is 17.0 Å². The van der Waals surface area contributed by atoms with Crippen LogP contribution in [0.2, 0.25) is 0 Å². The van der Waals surface area contributed by atoms with E-state index in [1.165, 1.54) is 17.2 Å². The number of nitrogens with zero attached hydrogens (tertiary/aromatic N) is 8. The van der Waals surface area contributed by atoms with Gasteiger partial charge in [0.1, 0.15) is 30.2 Å². The Morgan fingerprint density at radius 2 is 1.36 bits per heavy atom. The number of ether oxygens (including phenoxy) is 1. The Balaban J connectivity index is -0.000000121. The van der Waals surface area contributed by atoms with Gasteiger partial charge in [-0.15, -0.1) is 21.4 Å². The standard InChI is InChI=1S/C11H15N5O4.4HNO2.4Na/c1-12-9-6-10(14-3-13-9)16(4-15-6)11-8(19)7(18)5(2-17)20-11;4*2-1-3;;;;/h3-5,7-8,11,17-19H,2H2,1H3,(H,12,13,14);4*(H,2,3);;;;/q;;;;;4*+1/p-4/t5-,7-,8-,11-;;;;;;;;/m1......../s1. The second-order valence-electron chi connectivity index (χ2n) is 4.82. The van der Waals surface area contributed by atoms with E-state index in [2.05, 4.69) is 20.3 Å². The van der Waals surface area contributed by atoms with Gasteiger partial charge in [0.2, 0.25) is 0 Å². The fourth-order valence-electron chi connectivity index (χ4n) is 2.33. The summed E-state index contributed by atoms with van der Waals surface area (Å²) in [5, 5.41) is 67.8. The summed E-state index contributed by atoms with van der Waals surface area (Å²) < 4.78 is 6.97. The minimum atomic E-state index is -1.17. The SMILES string of the molecule is CNc1ncnc2c1ncn2[C@@H]1O[C@H](CO)[C@@H](O)[C@H]1O.O=N[O-].O=N[O-].O=N[O-].O=N[O-].[Na+].[Na+].[Na+].[Na+]. The average Bonchev–Trinajstić information content (AvgIpc) is 3.31. The molecule has 0 radical (unpaired) electrons. The van der Waals surface area contributed by atoms with Crippen molar-refractivity contribution in [2.45, 2.75) is 24.5 Å². The number of aliphatic hydroxyl groups is 3. The first-order valence-corrected chi connectivity index (χ1v) is 7.61. The maximum Gasteiger partial charge on any atom is 1.00 e. The Bertz CT molecular complexity index is 802. The van der Waals surface area contributed by atoms with E-state index in [0.717, 1.165) is 21.4 Å². The zero-order valence-corrected chi connectivity index (χ0v) is 27.8. The van der Waals surface area contributed by atoms with Crippen LogP contribution in [0.1, 0.15) is 6.23 Å². The van der Waals surface area contributed by atoms with Crippen LogP contribution in [-0.4, -0.2) is 66.8 Å². The van der Waals surface area contributed by atoms with Gasteiger partial charge < -0.3 is 65.8 Å². The average molecular weight is 557 g/mol. The molecular weight excluding hydrogens is 542 g/mol. The van der Waals surface area contributed by atoms with Gasteiger partial charge in [-0.2, -0.15) is 0 Å². The van der Waals surface area contributed by atoms with Crippen LogP contribution in [-0.2, 0) is 4.74 Å². The van der Waals surface area contributed by atoms with Crippen molar-refractivity contribution >= 4 is 17.0 Å². The van der Waals surface area contributed by atoms with Gasteiger partial charge in [-0.25, -0.2) is 15.0 Å². The Hall–Kier alpha value is -0.210. The maximum absolute atomic E-state index is 10.0. The molecule has 25 heteroatoms. The molecule has 1 fully saturated rings. The van der Waals surface area contributed by atoms with Gasteiger partial charge >= 0.3 is 118 Å². The smallest absolute Gasteiger partial charge is 0.444 e. The number of aromatic nitrogens is 4. The predicted octanol–water partition coefficient (Wildman–Crippen LogP) is -12.5. The maximum atomic E-state index is 10.0. The third-order valence-corrected chi connectivity index (χ3v) is 3.39. The van der Waals surface area contributed by atoms with E-state index in [9.17, 15) is 10.2 Å². The van der Waals surface area contributed by atoms with Crippen LogP contribution in [0.15, 0.2) is 34.0 Å². The normalized spacial score (nSPS) is 18.0. The molecular formula is C11H15N9Na4O12. The van der Waals surface area contributed by atoms with E-state index < -0.39 is 24.5 Å². The van der Waals surface area contributed by atoms with Crippen LogP contribution in [0.25, 0.3) is 11.2 Å². The van der Waals surface area contributed by atoms with E-state index >= 15 is 0 Å². The molecule has 3 heterocycles. The second-order valence-corrected chi connectivity index (χ2v) is 4.82. The molecule has 4 N–H and O–H groups in total. The number of aliphatic hydroxyl groups excluding tert-OH is 3.